The molecule has 2 aromatic carbocycles. The summed E-state index contributed by atoms with van der Waals surface area (Å²) in [5, 5.41) is 5.21. The molecule has 0 bridgehead atoms. The first-order valence-corrected chi connectivity index (χ1v) is 11.8. The molecule has 3 amide bonds. The first kappa shape index (κ1) is 22.9. The summed E-state index contributed by atoms with van der Waals surface area (Å²) in [4.78, 5) is 33.2. The van der Waals surface area contributed by atoms with Crippen LogP contribution in [0.25, 0.3) is 11.4 Å². The maximum atomic E-state index is 14.5. The SMILES string of the molecule is CCOc1ccc(-c2noc(CN3C(=O)N(c4ccccc4F)C(=O)C4SC=CC43)n2)cc1OC. The zero-order chi connectivity index (χ0) is 24.5. The number of hydrogen-bond acceptors (Lipinski definition) is 8. The molecular weight excluding hydrogens is 475 g/mol. The van der Waals surface area contributed by atoms with Gasteiger partial charge in [0.25, 0.3) is 5.91 Å². The molecule has 0 N–H and O–H groups in total. The number of imide groups is 1. The number of para-hydroxylation sites is 1. The second-order valence-corrected chi connectivity index (χ2v) is 8.77. The van der Waals surface area contributed by atoms with E-state index in [1.54, 1.807) is 35.7 Å². The summed E-state index contributed by atoms with van der Waals surface area (Å²) in [6.07, 6.45) is 1.78. The van der Waals surface area contributed by atoms with E-state index in [0.29, 0.717) is 29.5 Å². The van der Waals surface area contributed by atoms with Crippen molar-refractivity contribution in [2.24, 2.45) is 0 Å². The van der Waals surface area contributed by atoms with E-state index in [4.69, 9.17) is 14.0 Å². The molecule has 0 aliphatic carbocycles. The Morgan fingerprint density at radius 3 is 2.77 bits per heavy atom. The van der Waals surface area contributed by atoms with Gasteiger partial charge in [0.05, 0.1) is 25.4 Å². The Balaban J connectivity index is 1.43. The molecule has 5 rings (SSSR count). The molecule has 2 unspecified atom stereocenters. The van der Waals surface area contributed by atoms with Crippen molar-refractivity contribution in [1.82, 2.24) is 15.0 Å². The van der Waals surface area contributed by atoms with Gasteiger partial charge in [0.2, 0.25) is 11.7 Å². The van der Waals surface area contributed by atoms with Gasteiger partial charge in [-0.2, -0.15) is 4.98 Å². The standard InChI is InChI=1S/C24H21FN4O5S/c1-3-33-18-9-8-14(12-19(18)32-2)22-26-20(34-27-22)13-28-17-10-11-35-21(17)23(30)29(24(28)31)16-7-5-4-6-15(16)25/h4-12,17,21H,3,13H2,1-2H3. The fourth-order valence-electron chi connectivity index (χ4n) is 4.03. The molecule has 0 spiro atoms. The number of carbonyl (C=O) groups is 2. The van der Waals surface area contributed by atoms with E-state index >= 15 is 0 Å². The van der Waals surface area contributed by atoms with Crippen molar-refractivity contribution >= 4 is 29.4 Å². The van der Waals surface area contributed by atoms with E-state index in [9.17, 15) is 14.0 Å². The smallest absolute Gasteiger partial charge is 0.332 e. The van der Waals surface area contributed by atoms with Gasteiger partial charge in [0.1, 0.15) is 17.6 Å². The molecule has 3 heterocycles. The van der Waals surface area contributed by atoms with Gasteiger partial charge < -0.3 is 18.9 Å². The summed E-state index contributed by atoms with van der Waals surface area (Å²) >= 11 is 1.29. The van der Waals surface area contributed by atoms with Crippen molar-refractivity contribution in [1.29, 1.82) is 0 Å². The molecule has 9 nitrogen and oxygen atoms in total. The minimum absolute atomic E-state index is 0.0513. The number of hydrogen-bond donors (Lipinski definition) is 0. The average Bonchev–Trinajstić information content (AvgIpc) is 3.54. The highest BCUT2D eigenvalue weighted by molar-refractivity contribution is 8.03. The highest BCUT2D eigenvalue weighted by Crippen LogP contribution is 2.38. The van der Waals surface area contributed by atoms with Crippen LogP contribution in [0, 0.1) is 5.82 Å². The number of aromatic nitrogens is 2. The number of thioether (sulfide) groups is 1. The van der Waals surface area contributed by atoms with Crippen molar-refractivity contribution in [2.45, 2.75) is 24.8 Å². The summed E-state index contributed by atoms with van der Waals surface area (Å²) in [7, 11) is 1.54. The number of rotatable bonds is 7. The van der Waals surface area contributed by atoms with Gasteiger partial charge >= 0.3 is 6.03 Å². The first-order chi connectivity index (χ1) is 17.0. The van der Waals surface area contributed by atoms with Crippen molar-refractivity contribution in [2.75, 3.05) is 18.6 Å². The average molecular weight is 497 g/mol. The Hall–Kier alpha value is -3.86. The van der Waals surface area contributed by atoms with Gasteiger partial charge in [0.15, 0.2) is 11.5 Å². The van der Waals surface area contributed by atoms with Crippen molar-refractivity contribution < 1.29 is 28.0 Å². The number of amides is 3. The number of fused-ring (bicyclic) bond motifs is 1. The molecule has 180 valence electrons. The van der Waals surface area contributed by atoms with E-state index in [1.165, 1.54) is 42.0 Å². The summed E-state index contributed by atoms with van der Waals surface area (Å²) in [5.41, 5.74) is 0.550. The highest BCUT2D eigenvalue weighted by atomic mass is 32.2. The minimum Gasteiger partial charge on any atom is -0.493 e. The lowest BCUT2D eigenvalue weighted by Gasteiger charge is -2.40. The first-order valence-electron chi connectivity index (χ1n) is 10.9. The van der Waals surface area contributed by atoms with Gasteiger partial charge in [-0.05, 0) is 42.7 Å². The van der Waals surface area contributed by atoms with E-state index < -0.39 is 29.0 Å². The Labute approximate surface area is 204 Å². The van der Waals surface area contributed by atoms with Crippen LogP contribution in [0.4, 0.5) is 14.9 Å². The third-order valence-corrected chi connectivity index (χ3v) is 6.75. The van der Waals surface area contributed by atoms with Crippen LogP contribution in [0.2, 0.25) is 0 Å². The van der Waals surface area contributed by atoms with Crippen LogP contribution >= 0.6 is 11.8 Å². The maximum Gasteiger partial charge on any atom is 0.332 e. The third kappa shape index (κ3) is 4.12. The molecule has 2 atom stereocenters. The second-order valence-electron chi connectivity index (χ2n) is 7.72. The monoisotopic (exact) mass is 496 g/mol. The van der Waals surface area contributed by atoms with Crippen LogP contribution in [0.3, 0.4) is 0 Å². The van der Waals surface area contributed by atoms with Crippen LogP contribution in [0.15, 0.2) is 58.5 Å². The fraction of sp³-hybridized carbons (Fsp3) is 0.250. The number of anilines is 1. The van der Waals surface area contributed by atoms with Crippen molar-refractivity contribution in [3.8, 4) is 22.9 Å². The number of ether oxygens (including phenoxy) is 2. The Morgan fingerprint density at radius 1 is 1.17 bits per heavy atom. The van der Waals surface area contributed by atoms with Crippen LogP contribution in [0.1, 0.15) is 12.8 Å². The quantitative estimate of drug-likeness (QED) is 0.479. The van der Waals surface area contributed by atoms with Crippen LogP contribution in [0.5, 0.6) is 11.5 Å². The molecule has 0 radical (unpaired) electrons. The lowest BCUT2D eigenvalue weighted by Crippen LogP contribution is -2.62. The van der Waals surface area contributed by atoms with Gasteiger partial charge in [-0.25, -0.2) is 14.1 Å². The lowest BCUT2D eigenvalue weighted by atomic mass is 10.1. The lowest BCUT2D eigenvalue weighted by molar-refractivity contribution is -0.119. The van der Waals surface area contributed by atoms with Gasteiger partial charge in [-0.3, -0.25) is 4.79 Å². The highest BCUT2D eigenvalue weighted by Gasteiger charge is 2.48. The zero-order valence-corrected chi connectivity index (χ0v) is 19.7. The molecule has 2 aliphatic heterocycles. The predicted octanol–water partition coefficient (Wildman–Crippen LogP) is 4.25. The number of methoxy groups -OCH3 is 1. The maximum absolute atomic E-state index is 14.5. The topological polar surface area (TPSA) is 98.0 Å². The van der Waals surface area contributed by atoms with E-state index in [1.807, 2.05) is 6.92 Å². The summed E-state index contributed by atoms with van der Waals surface area (Å²) in [5.74, 6) is 0.471. The number of carbonyl (C=O) groups excluding carboxylic acids is 2. The molecule has 1 aromatic heterocycles. The van der Waals surface area contributed by atoms with Crippen molar-refractivity contribution in [3.05, 3.63) is 65.7 Å². The van der Waals surface area contributed by atoms with E-state index in [2.05, 4.69) is 10.1 Å². The summed E-state index contributed by atoms with van der Waals surface area (Å²) < 4.78 is 30.8. The molecule has 3 aromatic rings. The fourth-order valence-corrected chi connectivity index (χ4v) is 5.07. The molecule has 2 aliphatic rings. The van der Waals surface area contributed by atoms with Crippen LogP contribution < -0.4 is 14.4 Å². The summed E-state index contributed by atoms with van der Waals surface area (Å²) in [6, 6.07) is 9.79. The van der Waals surface area contributed by atoms with Crippen molar-refractivity contribution in [3.63, 3.8) is 0 Å². The minimum atomic E-state index is -0.659. The summed E-state index contributed by atoms with van der Waals surface area (Å²) in [6.45, 7) is 2.32. The second kappa shape index (κ2) is 9.41. The number of benzene rings is 2. The molecule has 11 heteroatoms. The van der Waals surface area contributed by atoms with E-state index in [-0.39, 0.29) is 18.1 Å². The van der Waals surface area contributed by atoms with Crippen LogP contribution in [-0.4, -0.2) is 52.0 Å². The number of urea groups is 1. The normalized spacial score (nSPS) is 19.3. The molecular formula is C24H21FN4O5S. The molecule has 35 heavy (non-hydrogen) atoms. The van der Waals surface area contributed by atoms with Gasteiger partial charge in [-0.1, -0.05) is 23.4 Å². The van der Waals surface area contributed by atoms with E-state index in [0.717, 1.165) is 4.90 Å². The third-order valence-electron chi connectivity index (χ3n) is 5.66. The number of halogens is 1. The predicted molar refractivity (Wildman–Crippen MR) is 127 cm³/mol. The van der Waals surface area contributed by atoms with Crippen LogP contribution in [-0.2, 0) is 11.3 Å². The molecule has 0 saturated carbocycles. The largest absolute Gasteiger partial charge is 0.493 e. The Kier molecular flexibility index (Phi) is 6.16. The number of nitrogens with zero attached hydrogens (tertiary/aromatic N) is 4. The zero-order valence-electron chi connectivity index (χ0n) is 18.9. The molecule has 1 saturated heterocycles. The Bertz CT molecular complexity index is 1310. The van der Waals surface area contributed by atoms with Gasteiger partial charge in [0, 0.05) is 5.56 Å². The molecule has 1 fully saturated rings. The van der Waals surface area contributed by atoms with Gasteiger partial charge in [-0.15, -0.1) is 11.8 Å². The Morgan fingerprint density at radius 2 is 2.00 bits per heavy atom.